The summed E-state index contributed by atoms with van der Waals surface area (Å²) < 4.78 is 0.863. The van der Waals surface area contributed by atoms with Gasteiger partial charge >= 0.3 is 0 Å². The van der Waals surface area contributed by atoms with Gasteiger partial charge in [-0.3, -0.25) is 9.78 Å². The highest BCUT2D eigenvalue weighted by Gasteiger charge is 2.04. The first-order chi connectivity index (χ1) is 9.72. The van der Waals surface area contributed by atoms with E-state index in [0.29, 0.717) is 23.4 Å². The van der Waals surface area contributed by atoms with E-state index in [4.69, 9.17) is 0 Å². The van der Waals surface area contributed by atoms with Crippen LogP contribution in [-0.2, 0) is 6.54 Å². The summed E-state index contributed by atoms with van der Waals surface area (Å²) in [6, 6.07) is 15.4. The van der Waals surface area contributed by atoms with Crippen molar-refractivity contribution in [2.24, 2.45) is 0 Å². The Hall–Kier alpha value is -2.14. The molecular weight excluding hydrogens is 318 g/mol. The summed E-state index contributed by atoms with van der Waals surface area (Å²) in [7, 11) is 0. The van der Waals surface area contributed by atoms with Crippen LogP contribution in [0.15, 0.2) is 57.8 Å². The lowest BCUT2D eigenvalue weighted by Gasteiger charge is -2.06. The molecule has 0 aliphatic carbocycles. The van der Waals surface area contributed by atoms with E-state index in [9.17, 15) is 4.79 Å². The number of hydrogen-bond acceptors (Lipinski definition) is 3. The van der Waals surface area contributed by atoms with Crippen molar-refractivity contribution in [1.29, 1.82) is 0 Å². The van der Waals surface area contributed by atoms with Crippen molar-refractivity contribution in [3.05, 3.63) is 68.9 Å². The van der Waals surface area contributed by atoms with Crippen LogP contribution in [0.5, 0.6) is 0 Å². The first-order valence-electron chi connectivity index (χ1n) is 6.20. The lowest BCUT2D eigenvalue weighted by Crippen LogP contribution is -2.13. The van der Waals surface area contributed by atoms with Crippen LogP contribution in [0.4, 0.5) is 5.95 Å². The molecule has 4 nitrogen and oxygen atoms in total. The van der Waals surface area contributed by atoms with Crippen molar-refractivity contribution in [3.63, 3.8) is 0 Å². The van der Waals surface area contributed by atoms with E-state index in [1.54, 1.807) is 6.07 Å². The number of benzene rings is 2. The Labute approximate surface area is 124 Å². The average molecular weight is 330 g/mol. The van der Waals surface area contributed by atoms with Crippen molar-refractivity contribution >= 4 is 32.8 Å². The Kier molecular flexibility index (Phi) is 3.52. The van der Waals surface area contributed by atoms with Gasteiger partial charge in [-0.1, -0.05) is 46.3 Å². The summed E-state index contributed by atoms with van der Waals surface area (Å²) in [5, 5.41) is 3.70. The molecule has 1 aromatic heterocycles. The number of nitrogens with zero attached hydrogens (tertiary/aromatic N) is 1. The van der Waals surface area contributed by atoms with Gasteiger partial charge in [0.05, 0.1) is 10.9 Å². The van der Waals surface area contributed by atoms with Crippen molar-refractivity contribution in [1.82, 2.24) is 9.97 Å². The van der Waals surface area contributed by atoms with Crippen LogP contribution in [0.1, 0.15) is 5.56 Å². The van der Waals surface area contributed by atoms with Gasteiger partial charge in [0.1, 0.15) is 0 Å². The number of anilines is 1. The highest BCUT2D eigenvalue weighted by atomic mass is 79.9. The number of H-pyrrole nitrogens is 1. The van der Waals surface area contributed by atoms with E-state index in [1.807, 2.05) is 42.5 Å². The van der Waals surface area contributed by atoms with Gasteiger partial charge < -0.3 is 5.32 Å². The molecule has 0 spiro atoms. The molecule has 3 rings (SSSR count). The molecule has 0 saturated carbocycles. The molecule has 0 radical (unpaired) electrons. The number of rotatable bonds is 3. The summed E-state index contributed by atoms with van der Waals surface area (Å²) in [6.07, 6.45) is 0. The molecule has 2 aromatic carbocycles. The van der Waals surface area contributed by atoms with Crippen molar-refractivity contribution in [2.45, 2.75) is 6.54 Å². The number of halogens is 1. The standard InChI is InChI=1S/C15H12BrN3O/c16-11-6-7-13-12(8-11)14(20)19-15(18-13)17-9-10-4-2-1-3-5-10/h1-8H,9H2,(H2,17,18,19,20). The average Bonchev–Trinajstić information content (AvgIpc) is 2.47. The number of aromatic amines is 1. The molecule has 5 heteroatoms. The topological polar surface area (TPSA) is 57.8 Å². The second-order valence-electron chi connectivity index (χ2n) is 4.42. The van der Waals surface area contributed by atoms with Gasteiger partial charge in [0.2, 0.25) is 5.95 Å². The van der Waals surface area contributed by atoms with Crippen LogP contribution in [-0.4, -0.2) is 9.97 Å². The fraction of sp³-hybridized carbons (Fsp3) is 0.0667. The zero-order valence-corrected chi connectivity index (χ0v) is 12.1. The van der Waals surface area contributed by atoms with Gasteiger partial charge in [-0.05, 0) is 23.8 Å². The molecule has 0 fully saturated rings. The Morgan fingerprint density at radius 1 is 1.15 bits per heavy atom. The van der Waals surface area contributed by atoms with Gasteiger partial charge in [0, 0.05) is 11.0 Å². The van der Waals surface area contributed by atoms with E-state index < -0.39 is 0 Å². The number of nitrogens with one attached hydrogen (secondary N) is 2. The minimum atomic E-state index is -0.146. The highest BCUT2D eigenvalue weighted by molar-refractivity contribution is 9.10. The molecule has 0 amide bonds. The van der Waals surface area contributed by atoms with Crippen LogP contribution in [0, 0.1) is 0 Å². The lowest BCUT2D eigenvalue weighted by molar-refractivity contribution is 1.06. The molecule has 0 bridgehead atoms. The van der Waals surface area contributed by atoms with E-state index in [0.717, 1.165) is 10.0 Å². The maximum Gasteiger partial charge on any atom is 0.260 e. The molecular formula is C15H12BrN3O. The third kappa shape index (κ3) is 2.72. The maximum absolute atomic E-state index is 12.0. The first kappa shape index (κ1) is 12.9. The molecule has 100 valence electrons. The Bertz CT molecular complexity index is 799. The van der Waals surface area contributed by atoms with Gasteiger partial charge in [0.15, 0.2) is 0 Å². The van der Waals surface area contributed by atoms with Gasteiger partial charge in [0.25, 0.3) is 5.56 Å². The fourth-order valence-electron chi connectivity index (χ4n) is 1.98. The molecule has 0 saturated heterocycles. The number of hydrogen-bond donors (Lipinski definition) is 2. The lowest BCUT2D eigenvalue weighted by atomic mass is 10.2. The van der Waals surface area contributed by atoms with E-state index >= 15 is 0 Å². The van der Waals surface area contributed by atoms with Crippen molar-refractivity contribution in [2.75, 3.05) is 5.32 Å². The summed E-state index contributed by atoms with van der Waals surface area (Å²) in [5.74, 6) is 0.480. The molecule has 20 heavy (non-hydrogen) atoms. The largest absolute Gasteiger partial charge is 0.352 e. The second-order valence-corrected chi connectivity index (χ2v) is 5.33. The third-order valence-electron chi connectivity index (χ3n) is 2.97. The van der Waals surface area contributed by atoms with Crippen LogP contribution in [0.2, 0.25) is 0 Å². The summed E-state index contributed by atoms with van der Waals surface area (Å²) in [6.45, 7) is 0.617. The van der Waals surface area contributed by atoms with Crippen LogP contribution < -0.4 is 10.9 Å². The quantitative estimate of drug-likeness (QED) is 0.775. The smallest absolute Gasteiger partial charge is 0.260 e. The monoisotopic (exact) mass is 329 g/mol. The molecule has 0 aliphatic heterocycles. The second kappa shape index (κ2) is 5.46. The van der Waals surface area contributed by atoms with E-state index in [2.05, 4.69) is 31.2 Å². The predicted octanol–water partition coefficient (Wildman–Crippen LogP) is 3.30. The Balaban J connectivity index is 1.89. The fourth-order valence-corrected chi connectivity index (χ4v) is 2.34. The zero-order chi connectivity index (χ0) is 13.9. The summed E-state index contributed by atoms with van der Waals surface area (Å²) in [4.78, 5) is 19.2. The highest BCUT2D eigenvalue weighted by Crippen LogP contribution is 2.16. The van der Waals surface area contributed by atoms with Gasteiger partial charge in [-0.25, -0.2) is 4.98 Å². The molecule has 3 aromatic rings. The van der Waals surface area contributed by atoms with Crippen LogP contribution >= 0.6 is 15.9 Å². The first-order valence-corrected chi connectivity index (χ1v) is 6.99. The van der Waals surface area contributed by atoms with Gasteiger partial charge in [-0.15, -0.1) is 0 Å². The Morgan fingerprint density at radius 3 is 2.75 bits per heavy atom. The van der Waals surface area contributed by atoms with Crippen molar-refractivity contribution in [3.8, 4) is 0 Å². The molecule has 0 atom stereocenters. The third-order valence-corrected chi connectivity index (χ3v) is 3.46. The predicted molar refractivity (Wildman–Crippen MR) is 83.8 cm³/mol. The zero-order valence-electron chi connectivity index (χ0n) is 10.6. The van der Waals surface area contributed by atoms with Crippen molar-refractivity contribution < 1.29 is 0 Å². The normalized spacial score (nSPS) is 10.7. The van der Waals surface area contributed by atoms with Crippen LogP contribution in [0.3, 0.4) is 0 Å². The minimum Gasteiger partial charge on any atom is -0.352 e. The number of fused-ring (bicyclic) bond motifs is 1. The summed E-state index contributed by atoms with van der Waals surface area (Å²) in [5.41, 5.74) is 1.66. The van der Waals surface area contributed by atoms with Gasteiger partial charge in [-0.2, -0.15) is 0 Å². The molecule has 1 heterocycles. The molecule has 0 aliphatic rings. The number of aromatic nitrogens is 2. The summed E-state index contributed by atoms with van der Waals surface area (Å²) >= 11 is 3.35. The molecule has 2 N–H and O–H groups in total. The van der Waals surface area contributed by atoms with Crippen LogP contribution in [0.25, 0.3) is 10.9 Å². The molecule has 0 unspecified atom stereocenters. The van der Waals surface area contributed by atoms with E-state index in [-0.39, 0.29) is 5.56 Å². The Morgan fingerprint density at radius 2 is 1.95 bits per heavy atom. The SMILES string of the molecule is O=c1[nH]c(NCc2ccccc2)nc2ccc(Br)cc12. The minimum absolute atomic E-state index is 0.146. The maximum atomic E-state index is 12.0. The van der Waals surface area contributed by atoms with E-state index in [1.165, 1.54) is 0 Å².